The SMILES string of the molecule is [CH2]c1ccc(NBr)cc1. The minimum Gasteiger partial charge on any atom is -0.322 e. The molecule has 0 atom stereocenters. The second-order valence-electron chi connectivity index (χ2n) is 1.79. The summed E-state index contributed by atoms with van der Waals surface area (Å²) < 4.78 is 2.84. The molecule has 0 bridgehead atoms. The smallest absolute Gasteiger partial charge is 0.0465 e. The third-order valence-corrected chi connectivity index (χ3v) is 1.52. The zero-order valence-electron chi connectivity index (χ0n) is 4.89. The highest BCUT2D eigenvalue weighted by Gasteiger charge is 1.84. The van der Waals surface area contributed by atoms with Crippen molar-refractivity contribution in [2.45, 2.75) is 0 Å². The summed E-state index contributed by atoms with van der Waals surface area (Å²) >= 11 is 3.11. The first-order valence-electron chi connectivity index (χ1n) is 2.61. The predicted molar refractivity (Wildman–Crippen MR) is 43.5 cm³/mol. The fourth-order valence-corrected chi connectivity index (χ4v) is 0.832. The molecule has 1 radical (unpaired) electrons. The van der Waals surface area contributed by atoms with Gasteiger partial charge in [-0.3, -0.25) is 0 Å². The van der Waals surface area contributed by atoms with E-state index in [1.165, 1.54) is 0 Å². The normalized spacial score (nSPS) is 9.11. The maximum absolute atomic E-state index is 3.75. The van der Waals surface area contributed by atoms with Gasteiger partial charge in [-0.05, 0) is 24.6 Å². The minimum atomic E-state index is 1.03. The molecule has 0 fully saturated rings. The molecular weight excluding hydrogens is 178 g/mol. The first-order valence-corrected chi connectivity index (χ1v) is 3.41. The molecule has 0 aliphatic carbocycles. The van der Waals surface area contributed by atoms with E-state index in [0.717, 1.165) is 11.3 Å². The van der Waals surface area contributed by atoms with Gasteiger partial charge in [-0.15, -0.1) is 0 Å². The van der Waals surface area contributed by atoms with Gasteiger partial charge in [0.25, 0.3) is 0 Å². The highest BCUT2D eigenvalue weighted by molar-refractivity contribution is 9.10. The Bertz CT molecular complexity index is 181. The van der Waals surface area contributed by atoms with E-state index in [9.17, 15) is 0 Å². The third kappa shape index (κ3) is 1.72. The van der Waals surface area contributed by atoms with Crippen molar-refractivity contribution in [3.63, 3.8) is 0 Å². The van der Waals surface area contributed by atoms with Crippen LogP contribution in [0, 0.1) is 6.92 Å². The molecule has 0 heterocycles. The van der Waals surface area contributed by atoms with Crippen LogP contribution in [0.25, 0.3) is 0 Å². The summed E-state index contributed by atoms with van der Waals surface area (Å²) in [5.74, 6) is 0. The van der Waals surface area contributed by atoms with Gasteiger partial charge in [0, 0.05) is 21.8 Å². The molecule has 1 aromatic carbocycles. The van der Waals surface area contributed by atoms with Crippen LogP contribution < -0.4 is 4.34 Å². The molecule has 1 rings (SSSR count). The molecule has 0 aliphatic heterocycles. The Morgan fingerprint density at radius 1 is 1.22 bits per heavy atom. The van der Waals surface area contributed by atoms with Gasteiger partial charge in [-0.1, -0.05) is 12.1 Å². The standard InChI is InChI=1S/C7H7BrN/c1-6-2-4-7(9-8)5-3-6/h2-5,9H,1H2. The summed E-state index contributed by atoms with van der Waals surface area (Å²) in [6.45, 7) is 3.75. The third-order valence-electron chi connectivity index (χ3n) is 1.06. The summed E-state index contributed by atoms with van der Waals surface area (Å²) in [4.78, 5) is 0. The predicted octanol–water partition coefficient (Wildman–Crippen LogP) is 2.59. The second-order valence-corrected chi connectivity index (χ2v) is 2.19. The molecule has 0 unspecified atom stereocenters. The van der Waals surface area contributed by atoms with E-state index in [1.54, 1.807) is 0 Å². The number of anilines is 1. The van der Waals surface area contributed by atoms with Gasteiger partial charge in [0.15, 0.2) is 0 Å². The molecule has 1 N–H and O–H groups in total. The topological polar surface area (TPSA) is 12.0 Å². The van der Waals surface area contributed by atoms with Crippen LogP contribution in [-0.4, -0.2) is 0 Å². The molecule has 1 aromatic rings. The molecule has 9 heavy (non-hydrogen) atoms. The van der Waals surface area contributed by atoms with Gasteiger partial charge in [0.2, 0.25) is 0 Å². The monoisotopic (exact) mass is 184 g/mol. The van der Waals surface area contributed by atoms with E-state index in [-0.39, 0.29) is 0 Å². The van der Waals surface area contributed by atoms with Crippen LogP contribution >= 0.6 is 16.1 Å². The van der Waals surface area contributed by atoms with Gasteiger partial charge < -0.3 is 4.34 Å². The Morgan fingerprint density at radius 2 is 1.78 bits per heavy atom. The largest absolute Gasteiger partial charge is 0.322 e. The van der Waals surface area contributed by atoms with Crippen LogP contribution in [0.3, 0.4) is 0 Å². The first kappa shape index (κ1) is 6.62. The molecule has 0 saturated heterocycles. The lowest BCUT2D eigenvalue weighted by Crippen LogP contribution is -1.77. The van der Waals surface area contributed by atoms with Crippen molar-refractivity contribution in [3.8, 4) is 0 Å². The highest BCUT2D eigenvalue weighted by atomic mass is 79.9. The number of benzene rings is 1. The van der Waals surface area contributed by atoms with E-state index in [4.69, 9.17) is 0 Å². The van der Waals surface area contributed by atoms with Gasteiger partial charge in [0.05, 0.1) is 0 Å². The molecule has 1 nitrogen and oxygen atoms in total. The number of hydrogen-bond donors (Lipinski definition) is 1. The second kappa shape index (κ2) is 2.87. The van der Waals surface area contributed by atoms with Crippen molar-refractivity contribution in [1.29, 1.82) is 0 Å². The van der Waals surface area contributed by atoms with Crippen LogP contribution in [-0.2, 0) is 0 Å². The molecule has 0 saturated carbocycles. The Labute approximate surface area is 63.4 Å². The average molecular weight is 185 g/mol. The molecule has 47 valence electrons. The fourth-order valence-electron chi connectivity index (χ4n) is 0.568. The summed E-state index contributed by atoms with van der Waals surface area (Å²) in [6.07, 6.45) is 0. The van der Waals surface area contributed by atoms with Crippen LogP contribution in [0.4, 0.5) is 5.69 Å². The fraction of sp³-hybridized carbons (Fsp3) is 0. The van der Waals surface area contributed by atoms with E-state index in [2.05, 4.69) is 27.4 Å². The number of nitrogens with one attached hydrogen (secondary N) is 1. The summed E-state index contributed by atoms with van der Waals surface area (Å²) in [7, 11) is 0. The molecule has 2 heteroatoms. The van der Waals surface area contributed by atoms with Crippen molar-refractivity contribution in [1.82, 2.24) is 0 Å². The molecule has 0 aliphatic rings. The quantitative estimate of drug-likeness (QED) is 0.663. The Balaban J connectivity index is 2.88. The van der Waals surface area contributed by atoms with Gasteiger partial charge in [0.1, 0.15) is 0 Å². The highest BCUT2D eigenvalue weighted by Crippen LogP contribution is 2.09. The Kier molecular flexibility index (Phi) is 2.11. The van der Waals surface area contributed by atoms with Crippen molar-refractivity contribution in [3.05, 3.63) is 36.8 Å². The zero-order chi connectivity index (χ0) is 6.69. The molecular formula is C7H7BrN. The Morgan fingerprint density at radius 3 is 2.22 bits per heavy atom. The first-order chi connectivity index (χ1) is 4.33. The number of halogens is 1. The summed E-state index contributed by atoms with van der Waals surface area (Å²) in [5, 5.41) is 0. The van der Waals surface area contributed by atoms with Crippen LogP contribution in [0.15, 0.2) is 24.3 Å². The number of hydrogen-bond acceptors (Lipinski definition) is 1. The van der Waals surface area contributed by atoms with Crippen molar-refractivity contribution >= 4 is 21.8 Å². The summed E-state index contributed by atoms with van der Waals surface area (Å²) in [6, 6.07) is 7.81. The minimum absolute atomic E-state index is 1.03. The summed E-state index contributed by atoms with van der Waals surface area (Å²) in [5.41, 5.74) is 2.07. The van der Waals surface area contributed by atoms with E-state index in [0.29, 0.717) is 0 Å². The molecule has 0 aromatic heterocycles. The van der Waals surface area contributed by atoms with Crippen molar-refractivity contribution in [2.24, 2.45) is 0 Å². The molecule has 0 spiro atoms. The maximum atomic E-state index is 3.75. The van der Waals surface area contributed by atoms with Gasteiger partial charge in [-0.2, -0.15) is 0 Å². The van der Waals surface area contributed by atoms with E-state index in [1.807, 2.05) is 24.3 Å². The van der Waals surface area contributed by atoms with E-state index < -0.39 is 0 Å². The van der Waals surface area contributed by atoms with Crippen molar-refractivity contribution < 1.29 is 0 Å². The lowest BCUT2D eigenvalue weighted by molar-refractivity contribution is 1.61. The van der Waals surface area contributed by atoms with Crippen molar-refractivity contribution in [2.75, 3.05) is 4.34 Å². The number of rotatable bonds is 1. The van der Waals surface area contributed by atoms with Crippen LogP contribution in [0.2, 0.25) is 0 Å². The van der Waals surface area contributed by atoms with Gasteiger partial charge in [-0.25, -0.2) is 0 Å². The van der Waals surface area contributed by atoms with Crippen LogP contribution in [0.5, 0.6) is 0 Å². The average Bonchev–Trinajstić information content (AvgIpc) is 1.90. The lowest BCUT2D eigenvalue weighted by atomic mass is 10.2. The van der Waals surface area contributed by atoms with Gasteiger partial charge >= 0.3 is 0 Å². The molecule has 0 amide bonds. The zero-order valence-corrected chi connectivity index (χ0v) is 6.48. The van der Waals surface area contributed by atoms with Crippen LogP contribution in [0.1, 0.15) is 5.56 Å². The van der Waals surface area contributed by atoms with E-state index >= 15 is 0 Å². The Hall–Kier alpha value is -0.500. The lowest BCUT2D eigenvalue weighted by Gasteiger charge is -1.95. The maximum Gasteiger partial charge on any atom is 0.0465 e.